The lowest BCUT2D eigenvalue weighted by molar-refractivity contribution is -0.141. The SMILES string of the molecule is CC(C)(C)OC(=O)N1CCC(c2ccc(Oc3cnc(C(F)(F)F)cn3)cc2)CC1. The van der Waals surface area contributed by atoms with Crippen LogP contribution in [0.2, 0.25) is 0 Å². The molecule has 1 saturated heterocycles. The molecule has 6 nitrogen and oxygen atoms in total. The maximum atomic E-state index is 12.5. The summed E-state index contributed by atoms with van der Waals surface area (Å²) in [5.74, 6) is 0.754. The van der Waals surface area contributed by atoms with E-state index in [2.05, 4.69) is 9.97 Å². The number of likely N-dealkylation sites (tertiary alicyclic amines) is 1. The third-order valence-corrected chi connectivity index (χ3v) is 4.64. The molecule has 0 unspecified atom stereocenters. The van der Waals surface area contributed by atoms with Crippen LogP contribution in [0.4, 0.5) is 18.0 Å². The Bertz CT molecular complexity index is 854. The van der Waals surface area contributed by atoms with Crippen LogP contribution in [0.1, 0.15) is 50.8 Å². The number of carbonyl (C=O) groups excluding carboxylic acids is 1. The molecular formula is C21H24F3N3O3. The van der Waals surface area contributed by atoms with Gasteiger partial charge in [-0.3, -0.25) is 0 Å². The first kappa shape index (κ1) is 21.9. The quantitative estimate of drug-likeness (QED) is 0.661. The van der Waals surface area contributed by atoms with Crippen LogP contribution in [0.15, 0.2) is 36.7 Å². The maximum Gasteiger partial charge on any atom is 0.434 e. The minimum absolute atomic E-state index is 0.0126. The van der Waals surface area contributed by atoms with Crippen molar-refractivity contribution in [1.82, 2.24) is 14.9 Å². The number of ether oxygens (including phenoxy) is 2. The van der Waals surface area contributed by atoms with Crippen LogP contribution in [0.5, 0.6) is 11.6 Å². The van der Waals surface area contributed by atoms with Gasteiger partial charge >= 0.3 is 12.3 Å². The van der Waals surface area contributed by atoms with E-state index >= 15 is 0 Å². The molecule has 30 heavy (non-hydrogen) atoms. The van der Waals surface area contributed by atoms with Crippen LogP contribution in [-0.2, 0) is 10.9 Å². The van der Waals surface area contributed by atoms with Crippen molar-refractivity contribution in [2.75, 3.05) is 13.1 Å². The van der Waals surface area contributed by atoms with Crippen molar-refractivity contribution >= 4 is 6.09 Å². The van der Waals surface area contributed by atoms with Gasteiger partial charge in [-0.15, -0.1) is 0 Å². The predicted molar refractivity (Wildman–Crippen MR) is 103 cm³/mol. The summed E-state index contributed by atoms with van der Waals surface area (Å²) in [6.45, 7) is 6.78. The van der Waals surface area contributed by atoms with Crippen molar-refractivity contribution in [2.24, 2.45) is 0 Å². The summed E-state index contributed by atoms with van der Waals surface area (Å²) in [5.41, 5.74) is -0.464. The van der Waals surface area contributed by atoms with Crippen molar-refractivity contribution in [3.8, 4) is 11.6 Å². The average molecular weight is 423 g/mol. The predicted octanol–water partition coefficient (Wildman–Crippen LogP) is 5.40. The number of nitrogens with zero attached hydrogens (tertiary/aromatic N) is 3. The van der Waals surface area contributed by atoms with Gasteiger partial charge in [-0.1, -0.05) is 12.1 Å². The zero-order valence-electron chi connectivity index (χ0n) is 17.1. The molecule has 2 heterocycles. The number of aromatic nitrogens is 2. The van der Waals surface area contributed by atoms with Gasteiger partial charge in [0.15, 0.2) is 5.69 Å². The van der Waals surface area contributed by atoms with Gasteiger partial charge in [0.1, 0.15) is 11.4 Å². The molecule has 1 amide bonds. The van der Waals surface area contributed by atoms with Crippen molar-refractivity contribution in [1.29, 1.82) is 0 Å². The Morgan fingerprint density at radius 2 is 1.67 bits per heavy atom. The molecule has 3 rings (SSSR count). The number of hydrogen-bond acceptors (Lipinski definition) is 5. The smallest absolute Gasteiger partial charge is 0.434 e. The monoisotopic (exact) mass is 423 g/mol. The third-order valence-electron chi connectivity index (χ3n) is 4.64. The van der Waals surface area contributed by atoms with Crippen LogP contribution in [0.3, 0.4) is 0 Å². The van der Waals surface area contributed by atoms with Crippen LogP contribution < -0.4 is 4.74 Å². The summed E-state index contributed by atoms with van der Waals surface area (Å²) in [6, 6.07) is 7.32. The fourth-order valence-corrected chi connectivity index (χ4v) is 3.17. The first-order chi connectivity index (χ1) is 14.0. The van der Waals surface area contributed by atoms with Crippen LogP contribution >= 0.6 is 0 Å². The molecule has 162 valence electrons. The summed E-state index contributed by atoms with van der Waals surface area (Å²) >= 11 is 0. The van der Waals surface area contributed by atoms with Crippen LogP contribution in [-0.4, -0.2) is 39.7 Å². The minimum atomic E-state index is -4.54. The number of rotatable bonds is 3. The van der Waals surface area contributed by atoms with Crippen molar-refractivity contribution in [3.63, 3.8) is 0 Å². The molecule has 0 radical (unpaired) electrons. The van der Waals surface area contributed by atoms with Gasteiger partial charge in [0.2, 0.25) is 5.88 Å². The van der Waals surface area contributed by atoms with E-state index in [1.807, 2.05) is 32.9 Å². The fourth-order valence-electron chi connectivity index (χ4n) is 3.17. The van der Waals surface area contributed by atoms with E-state index in [-0.39, 0.29) is 12.0 Å². The summed E-state index contributed by atoms with van der Waals surface area (Å²) in [6.07, 6.45) is -1.59. The summed E-state index contributed by atoms with van der Waals surface area (Å²) < 4.78 is 48.5. The Kier molecular flexibility index (Phi) is 6.19. The second-order valence-corrected chi connectivity index (χ2v) is 8.15. The number of benzene rings is 1. The molecule has 1 aliphatic heterocycles. The highest BCUT2D eigenvalue weighted by atomic mass is 19.4. The van der Waals surface area contributed by atoms with Gasteiger partial charge in [-0.05, 0) is 57.2 Å². The summed E-state index contributed by atoms with van der Waals surface area (Å²) in [7, 11) is 0. The molecule has 1 aromatic heterocycles. The highest BCUT2D eigenvalue weighted by Gasteiger charge is 2.33. The fraction of sp³-hybridized carbons (Fsp3) is 0.476. The number of halogens is 3. The zero-order valence-corrected chi connectivity index (χ0v) is 17.1. The number of carbonyl (C=O) groups is 1. The first-order valence-corrected chi connectivity index (χ1v) is 9.66. The van der Waals surface area contributed by atoms with Crippen molar-refractivity contribution < 1.29 is 27.4 Å². The van der Waals surface area contributed by atoms with Crippen LogP contribution in [0, 0.1) is 0 Å². The lowest BCUT2D eigenvalue weighted by Crippen LogP contribution is -2.41. The molecule has 0 spiro atoms. The Labute approximate surface area is 173 Å². The van der Waals surface area contributed by atoms with E-state index in [1.165, 1.54) is 0 Å². The first-order valence-electron chi connectivity index (χ1n) is 9.66. The standard InChI is InChI=1S/C21H24F3N3O3/c1-20(2,3)30-19(28)27-10-8-15(9-11-27)14-4-6-16(7-5-14)29-18-13-25-17(12-26-18)21(22,23)24/h4-7,12-13,15H,8-11H2,1-3H3. The Morgan fingerprint density at radius 1 is 1.03 bits per heavy atom. The average Bonchev–Trinajstić information content (AvgIpc) is 2.67. The van der Waals surface area contributed by atoms with Gasteiger partial charge in [0.05, 0.1) is 12.4 Å². The molecule has 1 fully saturated rings. The molecule has 0 saturated carbocycles. The number of hydrogen-bond donors (Lipinski definition) is 0. The van der Waals surface area contributed by atoms with Gasteiger partial charge in [0, 0.05) is 13.1 Å². The molecule has 0 atom stereocenters. The zero-order chi connectivity index (χ0) is 21.9. The van der Waals surface area contributed by atoms with Gasteiger partial charge in [0.25, 0.3) is 0 Å². The molecule has 0 N–H and O–H groups in total. The van der Waals surface area contributed by atoms with Gasteiger partial charge in [-0.25, -0.2) is 14.8 Å². The van der Waals surface area contributed by atoms with Gasteiger partial charge in [-0.2, -0.15) is 13.2 Å². The van der Waals surface area contributed by atoms with E-state index in [0.717, 1.165) is 24.6 Å². The molecule has 2 aromatic rings. The minimum Gasteiger partial charge on any atom is -0.444 e. The summed E-state index contributed by atoms with van der Waals surface area (Å²) in [5, 5.41) is 0. The summed E-state index contributed by atoms with van der Waals surface area (Å²) in [4.78, 5) is 20.9. The largest absolute Gasteiger partial charge is 0.444 e. The third kappa shape index (κ3) is 5.84. The molecule has 0 aliphatic carbocycles. The Hall–Kier alpha value is -2.84. The lowest BCUT2D eigenvalue weighted by atomic mass is 9.89. The molecule has 1 aromatic carbocycles. The van der Waals surface area contributed by atoms with E-state index in [4.69, 9.17) is 9.47 Å². The molecular weight excluding hydrogens is 399 g/mol. The number of amides is 1. The highest BCUT2D eigenvalue weighted by molar-refractivity contribution is 5.68. The number of alkyl halides is 3. The normalized spacial score (nSPS) is 15.7. The topological polar surface area (TPSA) is 64.5 Å². The Morgan fingerprint density at radius 3 is 2.17 bits per heavy atom. The molecule has 0 bridgehead atoms. The second kappa shape index (κ2) is 8.49. The van der Waals surface area contributed by atoms with Crippen molar-refractivity contribution in [3.05, 3.63) is 47.9 Å². The highest BCUT2D eigenvalue weighted by Crippen LogP contribution is 2.31. The van der Waals surface area contributed by atoms with E-state index in [9.17, 15) is 18.0 Å². The number of piperidine rings is 1. The maximum absolute atomic E-state index is 12.5. The lowest BCUT2D eigenvalue weighted by Gasteiger charge is -2.33. The second-order valence-electron chi connectivity index (χ2n) is 8.15. The Balaban J connectivity index is 1.54. The van der Waals surface area contributed by atoms with E-state index in [0.29, 0.717) is 31.0 Å². The van der Waals surface area contributed by atoms with Crippen LogP contribution in [0.25, 0.3) is 0 Å². The van der Waals surface area contributed by atoms with E-state index < -0.39 is 17.5 Å². The van der Waals surface area contributed by atoms with Crippen molar-refractivity contribution in [2.45, 2.75) is 51.3 Å². The van der Waals surface area contributed by atoms with E-state index in [1.54, 1.807) is 17.0 Å². The molecule has 9 heteroatoms. The molecule has 1 aliphatic rings. The van der Waals surface area contributed by atoms with Gasteiger partial charge < -0.3 is 14.4 Å².